The lowest BCUT2D eigenvalue weighted by atomic mass is 10.2. The number of aromatic nitrogens is 1. The molecule has 0 spiro atoms. The first-order valence-corrected chi connectivity index (χ1v) is 9.33. The van der Waals surface area contributed by atoms with Crippen LogP contribution >= 0.6 is 11.3 Å². The van der Waals surface area contributed by atoms with E-state index in [1.807, 2.05) is 31.6 Å². The lowest BCUT2D eigenvalue weighted by Crippen LogP contribution is -2.52. The van der Waals surface area contributed by atoms with Gasteiger partial charge in [0.25, 0.3) is 0 Å². The zero-order valence-corrected chi connectivity index (χ0v) is 15.8. The first-order valence-electron chi connectivity index (χ1n) is 8.45. The third-order valence-corrected chi connectivity index (χ3v) is 5.40. The molecule has 0 atom stereocenters. The number of benzene rings is 1. The van der Waals surface area contributed by atoms with Crippen LogP contribution in [0.2, 0.25) is 0 Å². The second-order valence-electron chi connectivity index (χ2n) is 5.94. The molecule has 25 heavy (non-hydrogen) atoms. The molecule has 3 rings (SSSR count). The Kier molecular flexibility index (Phi) is 5.75. The van der Waals surface area contributed by atoms with Crippen molar-refractivity contribution in [3.05, 3.63) is 40.3 Å². The van der Waals surface area contributed by atoms with Gasteiger partial charge < -0.3 is 19.9 Å². The van der Waals surface area contributed by atoms with E-state index in [-0.39, 0.29) is 0 Å². The second-order valence-corrected chi connectivity index (χ2v) is 6.88. The van der Waals surface area contributed by atoms with Gasteiger partial charge in [0.15, 0.2) is 5.96 Å². The molecule has 134 valence electrons. The van der Waals surface area contributed by atoms with Crippen LogP contribution in [0.5, 0.6) is 5.75 Å². The molecule has 1 N–H and O–H groups in total. The molecule has 1 aromatic carbocycles. The summed E-state index contributed by atoms with van der Waals surface area (Å²) in [5.74, 6) is 1.86. The minimum absolute atomic E-state index is 0.777. The smallest absolute Gasteiger partial charge is 0.194 e. The maximum atomic E-state index is 5.33. The van der Waals surface area contributed by atoms with Gasteiger partial charge in [0, 0.05) is 49.9 Å². The van der Waals surface area contributed by atoms with Crippen molar-refractivity contribution in [1.82, 2.24) is 15.2 Å². The maximum Gasteiger partial charge on any atom is 0.194 e. The van der Waals surface area contributed by atoms with Crippen molar-refractivity contribution in [2.75, 3.05) is 45.2 Å². The van der Waals surface area contributed by atoms with Crippen molar-refractivity contribution in [3.8, 4) is 5.75 Å². The van der Waals surface area contributed by atoms with Crippen molar-refractivity contribution >= 4 is 23.0 Å². The molecule has 1 saturated heterocycles. The van der Waals surface area contributed by atoms with Crippen molar-refractivity contribution in [2.45, 2.75) is 13.5 Å². The van der Waals surface area contributed by atoms with Gasteiger partial charge in [0.05, 0.1) is 24.9 Å². The normalized spacial score (nSPS) is 15.4. The van der Waals surface area contributed by atoms with Crippen molar-refractivity contribution in [3.63, 3.8) is 0 Å². The van der Waals surface area contributed by atoms with Crippen LogP contribution < -0.4 is 15.0 Å². The van der Waals surface area contributed by atoms with Crippen LogP contribution in [0.3, 0.4) is 0 Å². The Balaban J connectivity index is 1.56. The topological polar surface area (TPSA) is 53.0 Å². The highest BCUT2D eigenvalue weighted by molar-refractivity contribution is 7.09. The van der Waals surface area contributed by atoms with E-state index in [4.69, 9.17) is 4.74 Å². The van der Waals surface area contributed by atoms with Crippen molar-refractivity contribution < 1.29 is 4.74 Å². The Morgan fingerprint density at radius 2 is 2.12 bits per heavy atom. The van der Waals surface area contributed by atoms with Crippen LogP contribution in [0.1, 0.15) is 10.6 Å². The SMILES string of the molecule is CN=C(NCc1scnc1C)N1CCN(c2cccc(OC)c2)CC1. The molecule has 0 bridgehead atoms. The van der Waals surface area contributed by atoms with Crippen molar-refractivity contribution in [2.24, 2.45) is 4.99 Å². The Bertz CT molecular complexity index is 722. The molecular weight excluding hydrogens is 334 g/mol. The number of anilines is 1. The lowest BCUT2D eigenvalue weighted by molar-refractivity contribution is 0.372. The zero-order valence-electron chi connectivity index (χ0n) is 15.0. The van der Waals surface area contributed by atoms with Gasteiger partial charge in [-0.3, -0.25) is 4.99 Å². The molecule has 2 heterocycles. The Hall–Kier alpha value is -2.28. The van der Waals surface area contributed by atoms with Gasteiger partial charge in [-0.2, -0.15) is 0 Å². The van der Waals surface area contributed by atoms with Gasteiger partial charge in [0.1, 0.15) is 5.75 Å². The fraction of sp³-hybridized carbons (Fsp3) is 0.444. The van der Waals surface area contributed by atoms with Crippen LogP contribution in [-0.2, 0) is 6.54 Å². The third kappa shape index (κ3) is 4.22. The highest BCUT2D eigenvalue weighted by Gasteiger charge is 2.20. The summed E-state index contributed by atoms with van der Waals surface area (Å²) >= 11 is 1.68. The van der Waals surface area contributed by atoms with E-state index in [0.29, 0.717) is 0 Å². The number of nitrogens with zero attached hydrogens (tertiary/aromatic N) is 4. The first-order chi connectivity index (χ1) is 12.2. The van der Waals surface area contributed by atoms with Gasteiger partial charge in [-0.25, -0.2) is 4.98 Å². The van der Waals surface area contributed by atoms with Gasteiger partial charge in [-0.15, -0.1) is 11.3 Å². The zero-order chi connectivity index (χ0) is 17.6. The molecule has 1 fully saturated rings. The summed E-state index contributed by atoms with van der Waals surface area (Å²) in [6, 6.07) is 8.25. The summed E-state index contributed by atoms with van der Waals surface area (Å²) in [4.78, 5) is 14.7. The fourth-order valence-corrected chi connectivity index (χ4v) is 3.69. The largest absolute Gasteiger partial charge is 0.497 e. The molecule has 0 unspecified atom stereocenters. The maximum absolute atomic E-state index is 5.33. The number of aryl methyl sites for hydroxylation is 1. The number of guanidine groups is 1. The van der Waals surface area contributed by atoms with Gasteiger partial charge in [0.2, 0.25) is 0 Å². The molecule has 0 saturated carbocycles. The number of hydrogen-bond acceptors (Lipinski definition) is 5. The molecule has 7 heteroatoms. The van der Waals surface area contributed by atoms with Crippen LogP contribution in [0.25, 0.3) is 0 Å². The summed E-state index contributed by atoms with van der Waals surface area (Å²) in [5, 5.41) is 3.46. The quantitative estimate of drug-likeness (QED) is 0.671. The molecule has 1 aliphatic rings. The summed E-state index contributed by atoms with van der Waals surface area (Å²) in [6.07, 6.45) is 0. The second kappa shape index (κ2) is 8.20. The predicted octanol–water partition coefficient (Wildman–Crippen LogP) is 2.36. The third-order valence-electron chi connectivity index (χ3n) is 4.46. The van der Waals surface area contributed by atoms with Crippen LogP contribution in [0.4, 0.5) is 5.69 Å². The van der Waals surface area contributed by atoms with E-state index < -0.39 is 0 Å². The fourth-order valence-electron chi connectivity index (χ4n) is 2.97. The van der Waals surface area contributed by atoms with Crippen LogP contribution in [-0.4, -0.2) is 56.2 Å². The molecular formula is C18H25N5OS. The molecule has 6 nitrogen and oxygen atoms in total. The van der Waals surface area contributed by atoms with E-state index in [1.165, 1.54) is 10.6 Å². The van der Waals surface area contributed by atoms with Crippen molar-refractivity contribution in [1.29, 1.82) is 0 Å². The number of thiazole rings is 1. The number of hydrogen-bond donors (Lipinski definition) is 1. The lowest BCUT2D eigenvalue weighted by Gasteiger charge is -2.37. The average molecular weight is 359 g/mol. The summed E-state index contributed by atoms with van der Waals surface area (Å²) < 4.78 is 5.33. The number of rotatable bonds is 4. The summed E-state index contributed by atoms with van der Waals surface area (Å²) in [5.41, 5.74) is 4.19. The minimum atomic E-state index is 0.777. The molecule has 0 amide bonds. The van der Waals surface area contributed by atoms with Gasteiger partial charge in [-0.05, 0) is 19.1 Å². The first kappa shape index (κ1) is 17.5. The van der Waals surface area contributed by atoms with Crippen LogP contribution in [0, 0.1) is 6.92 Å². The summed E-state index contributed by atoms with van der Waals surface area (Å²) in [6.45, 7) is 6.64. The van der Waals surface area contributed by atoms with E-state index >= 15 is 0 Å². The molecule has 0 radical (unpaired) electrons. The number of aliphatic imine (C=N–C) groups is 1. The van der Waals surface area contributed by atoms with E-state index in [2.05, 4.69) is 37.2 Å². The Morgan fingerprint density at radius 3 is 2.76 bits per heavy atom. The Morgan fingerprint density at radius 1 is 1.32 bits per heavy atom. The number of methoxy groups -OCH3 is 1. The van der Waals surface area contributed by atoms with E-state index in [0.717, 1.165) is 50.1 Å². The highest BCUT2D eigenvalue weighted by Crippen LogP contribution is 2.22. The Labute approximate surface area is 153 Å². The van der Waals surface area contributed by atoms with E-state index in [9.17, 15) is 0 Å². The highest BCUT2D eigenvalue weighted by atomic mass is 32.1. The van der Waals surface area contributed by atoms with Crippen LogP contribution in [0.15, 0.2) is 34.8 Å². The average Bonchev–Trinajstić information content (AvgIpc) is 3.08. The standard InChI is InChI=1S/C18H25N5OS/c1-14-17(25-13-21-14)12-20-18(19-2)23-9-7-22(8-10-23)15-5-4-6-16(11-15)24-3/h4-6,11,13H,7-10,12H2,1-3H3,(H,19,20). The van der Waals surface area contributed by atoms with Gasteiger partial charge in [-0.1, -0.05) is 6.07 Å². The monoisotopic (exact) mass is 359 g/mol. The molecule has 1 aliphatic heterocycles. The summed E-state index contributed by atoms with van der Waals surface area (Å²) in [7, 11) is 3.55. The van der Waals surface area contributed by atoms with E-state index in [1.54, 1.807) is 18.4 Å². The number of ether oxygens (including phenoxy) is 1. The van der Waals surface area contributed by atoms with Gasteiger partial charge >= 0.3 is 0 Å². The minimum Gasteiger partial charge on any atom is -0.497 e. The molecule has 1 aromatic heterocycles. The molecule has 2 aromatic rings. The molecule has 0 aliphatic carbocycles. The number of nitrogens with one attached hydrogen (secondary N) is 1. The number of piperazine rings is 1. The predicted molar refractivity (Wildman–Crippen MR) is 104 cm³/mol.